The van der Waals surface area contributed by atoms with Crippen LogP contribution in [0.1, 0.15) is 32.3 Å². The summed E-state index contributed by atoms with van der Waals surface area (Å²) in [7, 11) is 1.29. The van der Waals surface area contributed by atoms with Crippen LogP contribution in [0, 0.1) is 11.7 Å². The van der Waals surface area contributed by atoms with Gasteiger partial charge in [0, 0.05) is 19.0 Å². The first kappa shape index (κ1) is 17.2. The molecule has 0 bridgehead atoms. The number of halogens is 1. The highest BCUT2D eigenvalue weighted by atomic mass is 19.1. The Hall–Kier alpha value is -2.11. The van der Waals surface area contributed by atoms with Crippen LogP contribution in [0.5, 0.6) is 0 Å². The molecule has 1 aliphatic heterocycles. The fourth-order valence-electron chi connectivity index (χ4n) is 2.76. The minimum absolute atomic E-state index is 0.153. The molecule has 0 spiro atoms. The number of methoxy groups -OCH3 is 1. The molecule has 0 unspecified atom stereocenters. The fourth-order valence-corrected chi connectivity index (χ4v) is 2.76. The van der Waals surface area contributed by atoms with Crippen LogP contribution in [0.15, 0.2) is 24.3 Å². The van der Waals surface area contributed by atoms with Crippen LogP contribution in [-0.4, -0.2) is 42.8 Å². The van der Waals surface area contributed by atoms with Crippen molar-refractivity contribution in [2.24, 2.45) is 5.92 Å². The average molecular weight is 323 g/mol. The number of esters is 1. The summed E-state index contributed by atoms with van der Waals surface area (Å²) in [6.07, 6.45) is -0.509. The van der Waals surface area contributed by atoms with Crippen molar-refractivity contribution < 1.29 is 23.5 Å². The van der Waals surface area contributed by atoms with E-state index in [0.29, 0.717) is 5.56 Å². The van der Waals surface area contributed by atoms with Gasteiger partial charge in [0.25, 0.3) is 0 Å². The second-order valence-electron chi connectivity index (χ2n) is 6.64. The van der Waals surface area contributed by atoms with E-state index in [1.165, 1.54) is 18.1 Å². The molecule has 1 saturated heterocycles. The van der Waals surface area contributed by atoms with Crippen molar-refractivity contribution in [1.82, 2.24) is 4.90 Å². The molecule has 0 saturated carbocycles. The maximum atomic E-state index is 14.1. The molecule has 1 aromatic carbocycles. The van der Waals surface area contributed by atoms with Crippen molar-refractivity contribution in [2.45, 2.75) is 32.3 Å². The van der Waals surface area contributed by atoms with Crippen LogP contribution < -0.4 is 0 Å². The molecule has 1 aromatic rings. The third-order valence-electron chi connectivity index (χ3n) is 3.78. The second-order valence-corrected chi connectivity index (χ2v) is 6.64. The van der Waals surface area contributed by atoms with Crippen molar-refractivity contribution in [2.75, 3.05) is 20.2 Å². The number of likely N-dealkylation sites (tertiary alicyclic amines) is 1. The first-order valence-electron chi connectivity index (χ1n) is 7.53. The van der Waals surface area contributed by atoms with Gasteiger partial charge in [0.05, 0.1) is 13.0 Å². The van der Waals surface area contributed by atoms with Gasteiger partial charge in [-0.15, -0.1) is 0 Å². The lowest BCUT2D eigenvalue weighted by Crippen LogP contribution is -2.36. The Bertz CT molecular complexity index is 597. The van der Waals surface area contributed by atoms with E-state index < -0.39 is 35.3 Å². The molecular formula is C17H22FNO4. The first-order valence-corrected chi connectivity index (χ1v) is 7.53. The zero-order valence-corrected chi connectivity index (χ0v) is 13.8. The highest BCUT2D eigenvalue weighted by Gasteiger charge is 2.43. The number of nitrogens with zero attached hydrogens (tertiary/aromatic N) is 1. The van der Waals surface area contributed by atoms with Crippen LogP contribution in [0.3, 0.4) is 0 Å². The largest absolute Gasteiger partial charge is 0.469 e. The standard InChI is InChI=1S/C17H22FNO4/c1-17(2,3)23-16(21)19-9-12(13(10-19)15(20)22-4)11-7-5-6-8-14(11)18/h5-8,12-13H,9-10H2,1-4H3/t12-,13+/m0/s1. The van der Waals surface area contributed by atoms with Crippen LogP contribution in [0.25, 0.3) is 0 Å². The van der Waals surface area contributed by atoms with Gasteiger partial charge in [0.15, 0.2) is 0 Å². The van der Waals surface area contributed by atoms with E-state index in [1.807, 2.05) is 0 Å². The summed E-state index contributed by atoms with van der Waals surface area (Å²) >= 11 is 0. The van der Waals surface area contributed by atoms with Gasteiger partial charge in [-0.25, -0.2) is 9.18 Å². The number of hydrogen-bond donors (Lipinski definition) is 0. The molecule has 126 valence electrons. The summed E-state index contributed by atoms with van der Waals surface area (Å²) in [6.45, 7) is 5.68. The number of carbonyl (C=O) groups excluding carboxylic acids is 2. The van der Waals surface area contributed by atoms with Crippen molar-refractivity contribution in [3.05, 3.63) is 35.6 Å². The molecule has 0 aromatic heterocycles. The topological polar surface area (TPSA) is 55.8 Å². The molecule has 1 amide bonds. The minimum atomic E-state index is -0.631. The van der Waals surface area contributed by atoms with Crippen molar-refractivity contribution in [1.29, 1.82) is 0 Å². The summed E-state index contributed by atoms with van der Waals surface area (Å²) in [5.74, 6) is -1.90. The van der Waals surface area contributed by atoms with Gasteiger partial charge >= 0.3 is 12.1 Å². The van der Waals surface area contributed by atoms with E-state index in [9.17, 15) is 14.0 Å². The van der Waals surface area contributed by atoms with Crippen LogP contribution in [0.2, 0.25) is 0 Å². The Morgan fingerprint density at radius 1 is 1.22 bits per heavy atom. The highest BCUT2D eigenvalue weighted by Crippen LogP contribution is 2.35. The summed E-state index contributed by atoms with van der Waals surface area (Å²) in [6, 6.07) is 6.28. The van der Waals surface area contributed by atoms with Gasteiger partial charge in [0.2, 0.25) is 0 Å². The lowest BCUT2D eigenvalue weighted by molar-refractivity contribution is -0.145. The molecular weight excluding hydrogens is 301 g/mol. The van der Waals surface area contributed by atoms with Crippen LogP contribution in [-0.2, 0) is 14.3 Å². The van der Waals surface area contributed by atoms with E-state index >= 15 is 0 Å². The summed E-state index contributed by atoms with van der Waals surface area (Å²) in [5, 5.41) is 0. The zero-order chi connectivity index (χ0) is 17.2. The van der Waals surface area contributed by atoms with Crippen molar-refractivity contribution in [3.63, 3.8) is 0 Å². The minimum Gasteiger partial charge on any atom is -0.469 e. The van der Waals surface area contributed by atoms with Gasteiger partial charge in [-0.3, -0.25) is 4.79 Å². The quantitative estimate of drug-likeness (QED) is 0.785. The molecule has 0 N–H and O–H groups in total. The maximum Gasteiger partial charge on any atom is 0.410 e. The molecule has 1 heterocycles. The Morgan fingerprint density at radius 3 is 2.43 bits per heavy atom. The third kappa shape index (κ3) is 4.00. The van der Waals surface area contributed by atoms with Crippen LogP contribution >= 0.6 is 0 Å². The summed E-state index contributed by atoms with van der Waals surface area (Å²) < 4.78 is 24.2. The second kappa shape index (κ2) is 6.56. The van der Waals surface area contributed by atoms with Gasteiger partial charge in [-0.05, 0) is 32.4 Å². The van der Waals surface area contributed by atoms with E-state index in [2.05, 4.69) is 0 Å². The van der Waals surface area contributed by atoms with E-state index in [4.69, 9.17) is 9.47 Å². The normalized spacial score (nSPS) is 21.2. The summed E-state index contributed by atoms with van der Waals surface area (Å²) in [4.78, 5) is 25.7. The maximum absolute atomic E-state index is 14.1. The monoisotopic (exact) mass is 323 g/mol. The molecule has 6 heteroatoms. The number of amides is 1. The number of rotatable bonds is 2. The predicted molar refractivity (Wildman–Crippen MR) is 82.5 cm³/mol. The molecule has 2 rings (SSSR count). The molecule has 1 fully saturated rings. The number of hydrogen-bond acceptors (Lipinski definition) is 4. The fraction of sp³-hybridized carbons (Fsp3) is 0.529. The third-order valence-corrected chi connectivity index (χ3v) is 3.78. The number of benzene rings is 1. The van der Waals surface area contributed by atoms with E-state index in [0.717, 1.165) is 0 Å². The van der Waals surface area contributed by atoms with E-state index in [-0.39, 0.29) is 13.1 Å². The van der Waals surface area contributed by atoms with Gasteiger partial charge in [-0.1, -0.05) is 18.2 Å². The van der Waals surface area contributed by atoms with Crippen molar-refractivity contribution >= 4 is 12.1 Å². The predicted octanol–water partition coefficient (Wildman–Crippen LogP) is 2.95. The Balaban J connectivity index is 2.25. The zero-order valence-electron chi connectivity index (χ0n) is 13.8. The number of ether oxygens (including phenoxy) is 2. The SMILES string of the molecule is COC(=O)[C@@H]1CN(C(=O)OC(C)(C)C)C[C@H]1c1ccccc1F. The molecule has 0 radical (unpaired) electrons. The first-order chi connectivity index (χ1) is 10.7. The average Bonchev–Trinajstić information content (AvgIpc) is 2.90. The Morgan fingerprint density at radius 2 is 1.87 bits per heavy atom. The molecule has 23 heavy (non-hydrogen) atoms. The van der Waals surface area contributed by atoms with E-state index in [1.54, 1.807) is 39.0 Å². The summed E-state index contributed by atoms with van der Waals surface area (Å²) in [5.41, 5.74) is -0.220. The molecule has 5 nitrogen and oxygen atoms in total. The van der Waals surface area contributed by atoms with Crippen LogP contribution in [0.4, 0.5) is 9.18 Å². The lowest BCUT2D eigenvalue weighted by Gasteiger charge is -2.24. The Kier molecular flexibility index (Phi) is 4.92. The van der Waals surface area contributed by atoms with Gasteiger partial charge < -0.3 is 14.4 Å². The highest BCUT2D eigenvalue weighted by molar-refractivity contribution is 5.77. The van der Waals surface area contributed by atoms with Gasteiger partial charge in [-0.2, -0.15) is 0 Å². The van der Waals surface area contributed by atoms with Crippen molar-refractivity contribution in [3.8, 4) is 0 Å². The molecule has 2 atom stereocenters. The van der Waals surface area contributed by atoms with Gasteiger partial charge in [0.1, 0.15) is 11.4 Å². The lowest BCUT2D eigenvalue weighted by atomic mass is 9.88. The molecule has 1 aliphatic rings. The number of carbonyl (C=O) groups is 2. The Labute approximate surface area is 135 Å². The molecule has 0 aliphatic carbocycles. The smallest absolute Gasteiger partial charge is 0.410 e.